The number of Topliss-reactive ketones (excluding diaryl/α,β-unsaturated/α-hetero) is 1. The van der Waals surface area contributed by atoms with Gasteiger partial charge in [0.25, 0.3) is 0 Å². The molecule has 204 valence electrons. The Morgan fingerprint density at radius 3 is 1.43 bits per heavy atom. The summed E-state index contributed by atoms with van der Waals surface area (Å²) in [6, 6.07) is 17.1. The van der Waals surface area contributed by atoms with E-state index < -0.39 is 11.4 Å². The zero-order chi connectivity index (χ0) is 27.5. The molecule has 4 rings (SSSR count). The molecule has 0 heterocycles. The Labute approximate surface area is 243 Å². The molecule has 2 aromatic carbocycles. The van der Waals surface area contributed by atoms with Gasteiger partial charge in [0.05, 0.1) is 14.2 Å². The van der Waals surface area contributed by atoms with Crippen LogP contribution in [0.15, 0.2) is 54.6 Å². The average molecular weight is 606 g/mol. The first-order chi connectivity index (χ1) is 17.8. The fourth-order valence-corrected chi connectivity index (χ4v) is 4.46. The van der Waals surface area contributed by atoms with Gasteiger partial charge in [0, 0.05) is 17.4 Å². The number of halogens is 4. The second kappa shape index (κ2) is 21.0. The number of hydrogen-bond donors (Lipinski definition) is 0. The van der Waals surface area contributed by atoms with E-state index in [1.807, 2.05) is 54.6 Å². The van der Waals surface area contributed by atoms with Crippen LogP contribution in [0.25, 0.3) is 0 Å². The lowest BCUT2D eigenvalue weighted by Gasteiger charge is -2.20. The van der Waals surface area contributed by atoms with E-state index in [-0.39, 0.29) is 17.1 Å². The maximum atomic E-state index is 12.2. The zero-order valence-corrected chi connectivity index (χ0v) is 25.8. The fourth-order valence-electron chi connectivity index (χ4n) is 4.24. The summed E-state index contributed by atoms with van der Waals surface area (Å²) in [4.78, 5) is 22.7. The van der Waals surface area contributed by atoms with Crippen molar-refractivity contribution in [1.82, 2.24) is 0 Å². The van der Waals surface area contributed by atoms with E-state index in [0.717, 1.165) is 42.7 Å². The van der Waals surface area contributed by atoms with E-state index in [2.05, 4.69) is 0 Å². The van der Waals surface area contributed by atoms with Gasteiger partial charge in [-0.15, -0.1) is 0 Å². The Kier molecular flexibility index (Phi) is 19.3. The lowest BCUT2D eigenvalue weighted by atomic mass is 9.84. The molecule has 2 saturated carbocycles. The molecule has 0 radical (unpaired) electrons. The molecule has 0 N–H and O–H groups in total. The highest BCUT2D eigenvalue weighted by molar-refractivity contribution is 7.54. The molecule has 0 amide bonds. The van der Waals surface area contributed by atoms with Crippen molar-refractivity contribution in [3.8, 4) is 11.5 Å². The molecule has 0 aliphatic heterocycles. The number of hydrogen-bond acceptors (Lipinski definition) is 4. The van der Waals surface area contributed by atoms with Crippen LogP contribution in [0.5, 0.6) is 11.5 Å². The highest BCUT2D eigenvalue weighted by atomic mass is 35.8. The Bertz CT molecular complexity index is 867. The summed E-state index contributed by atoms with van der Waals surface area (Å²) in [6.07, 6.45) is 11.5. The van der Waals surface area contributed by atoms with Crippen LogP contribution in [0.2, 0.25) is 0 Å². The number of methoxy groups -OCH3 is 2. The number of ketones is 1. The number of rotatable bonds is 5. The second-order valence-corrected chi connectivity index (χ2v) is 15.6. The minimum absolute atomic E-state index is 0.130. The third-order valence-electron chi connectivity index (χ3n) is 6.26. The van der Waals surface area contributed by atoms with Crippen LogP contribution in [0.4, 0.5) is 0 Å². The molecule has 4 nitrogen and oxygen atoms in total. The zero-order valence-electron chi connectivity index (χ0n) is 21.6. The predicted molar refractivity (Wildman–Crippen MR) is 158 cm³/mol. The number of benzene rings is 2. The van der Waals surface area contributed by atoms with E-state index >= 15 is 0 Å². The lowest BCUT2D eigenvalue weighted by Crippen LogP contribution is -2.17. The molecule has 2 fully saturated rings. The summed E-state index contributed by atoms with van der Waals surface area (Å²) < 4.78 is 10.00. The van der Waals surface area contributed by atoms with Crippen LogP contribution in [0.3, 0.4) is 0 Å². The van der Waals surface area contributed by atoms with Gasteiger partial charge in [0.2, 0.25) is 5.24 Å². The van der Waals surface area contributed by atoms with E-state index in [1.54, 1.807) is 14.2 Å². The third-order valence-corrected chi connectivity index (χ3v) is 6.56. The number of carbonyl (C=O) groups is 2. The van der Waals surface area contributed by atoms with Crippen LogP contribution < -0.4 is 9.47 Å². The van der Waals surface area contributed by atoms with E-state index in [0.29, 0.717) is 5.78 Å². The summed E-state index contributed by atoms with van der Waals surface area (Å²) in [5.41, 5.74) is 0.827. The van der Waals surface area contributed by atoms with Gasteiger partial charge in [-0.2, -0.15) is 0 Å². The van der Waals surface area contributed by atoms with Gasteiger partial charge in [0.15, 0.2) is 5.78 Å². The normalized spacial score (nSPS) is 15.3. The maximum absolute atomic E-state index is 12.2. The Morgan fingerprint density at radius 1 is 0.676 bits per heavy atom. The van der Waals surface area contributed by atoms with Crippen molar-refractivity contribution in [2.45, 2.75) is 64.2 Å². The van der Waals surface area contributed by atoms with Gasteiger partial charge in [-0.05, 0) is 73.7 Å². The Hall–Kier alpha value is -0.928. The van der Waals surface area contributed by atoms with Crippen molar-refractivity contribution in [2.24, 2.45) is 11.8 Å². The van der Waals surface area contributed by atoms with Crippen molar-refractivity contribution in [2.75, 3.05) is 14.2 Å². The predicted octanol–water partition coefficient (Wildman–Crippen LogP) is 9.17. The topological polar surface area (TPSA) is 52.6 Å². The molecule has 0 bridgehead atoms. The first-order valence-corrected chi connectivity index (χ1v) is 18.3. The number of para-hydroxylation sites is 1. The minimum Gasteiger partial charge on any atom is -0.497 e. The monoisotopic (exact) mass is 604 g/mol. The standard InChI is InChI=1S/C14H18O2.C7H11ClO.C7H8O.Al.3ClH/c1-16-13-9-7-12(8-10-13)14(15)11-5-3-2-4-6-11;8-7(9)6-4-2-1-3-5-6;1-8-7-5-3-2-4-6-7;;;;/h7-11H,2-6H2,1H3;6H,1-5H2;2-6H,1H3;;3*1H/q;;;+3;;;/p-3. The Balaban J connectivity index is 0.000000277. The van der Waals surface area contributed by atoms with Crippen molar-refractivity contribution in [3.05, 3.63) is 60.2 Å². The quantitative estimate of drug-likeness (QED) is 0.194. The molecule has 0 spiro atoms. The highest BCUT2D eigenvalue weighted by Crippen LogP contribution is 2.27. The van der Waals surface area contributed by atoms with E-state index in [1.165, 1.54) is 38.5 Å². The average Bonchev–Trinajstić information content (AvgIpc) is 2.94. The van der Waals surface area contributed by atoms with Crippen molar-refractivity contribution < 1.29 is 19.1 Å². The summed E-state index contributed by atoms with van der Waals surface area (Å²) in [5.74, 6) is 2.46. The van der Waals surface area contributed by atoms with Gasteiger partial charge < -0.3 is 9.47 Å². The van der Waals surface area contributed by atoms with Gasteiger partial charge >= 0.3 is 11.4 Å². The lowest BCUT2D eigenvalue weighted by molar-refractivity contribution is -0.115. The molecule has 0 aromatic heterocycles. The van der Waals surface area contributed by atoms with Crippen LogP contribution >= 0.6 is 41.7 Å². The second-order valence-electron chi connectivity index (χ2n) is 8.83. The molecule has 9 heteroatoms. The van der Waals surface area contributed by atoms with Crippen molar-refractivity contribution in [3.63, 3.8) is 0 Å². The third kappa shape index (κ3) is 15.9. The fraction of sp³-hybridized carbons (Fsp3) is 0.500. The molecular weight excluding hydrogens is 569 g/mol. The SMILES string of the molecule is COc1ccc(C(=O)C2CCCCC2)cc1.COc1ccccc1.O=C(Cl)C1CCCCC1.[Cl][Al]([Cl])[Cl]. The first kappa shape index (κ1) is 34.1. The molecular formula is C28H37AlCl4O4. The molecule has 0 saturated heterocycles. The smallest absolute Gasteiger partial charge is 0.497 e. The molecule has 0 atom stereocenters. The molecule has 0 unspecified atom stereocenters. The summed E-state index contributed by atoms with van der Waals surface area (Å²) in [6.45, 7) is 0. The van der Waals surface area contributed by atoms with Crippen LogP contribution in [0, 0.1) is 11.8 Å². The molecule has 2 aromatic rings. The van der Waals surface area contributed by atoms with Crippen molar-refractivity contribution in [1.29, 1.82) is 0 Å². The van der Waals surface area contributed by atoms with Crippen molar-refractivity contribution >= 4 is 64.2 Å². The maximum Gasteiger partial charge on any atom is 0.643 e. The molecule has 37 heavy (non-hydrogen) atoms. The summed E-state index contributed by atoms with van der Waals surface area (Å²) in [7, 11) is 18.1. The van der Waals surface area contributed by atoms with Crippen LogP contribution in [0.1, 0.15) is 74.6 Å². The largest absolute Gasteiger partial charge is 0.643 e. The first-order valence-electron chi connectivity index (χ1n) is 12.7. The van der Waals surface area contributed by atoms with E-state index in [4.69, 9.17) is 51.2 Å². The van der Waals surface area contributed by atoms with Gasteiger partial charge in [-0.25, -0.2) is 30.1 Å². The Morgan fingerprint density at radius 2 is 1.08 bits per heavy atom. The summed E-state index contributed by atoms with van der Waals surface area (Å²) >= 11 is 3.60. The number of carbonyl (C=O) groups excluding carboxylic acids is 2. The number of ether oxygens (including phenoxy) is 2. The van der Waals surface area contributed by atoms with Gasteiger partial charge in [-0.3, -0.25) is 9.59 Å². The molecule has 2 aliphatic carbocycles. The van der Waals surface area contributed by atoms with Crippen LogP contribution in [-0.2, 0) is 4.79 Å². The molecule has 2 aliphatic rings. The van der Waals surface area contributed by atoms with Gasteiger partial charge in [0.1, 0.15) is 11.5 Å². The van der Waals surface area contributed by atoms with Gasteiger partial charge in [-0.1, -0.05) is 56.7 Å². The van der Waals surface area contributed by atoms with E-state index in [9.17, 15) is 9.59 Å². The minimum atomic E-state index is -1.72. The highest BCUT2D eigenvalue weighted by Gasteiger charge is 2.22. The summed E-state index contributed by atoms with van der Waals surface area (Å²) in [5, 5.41) is -0.130. The van der Waals surface area contributed by atoms with Crippen LogP contribution in [-0.4, -0.2) is 36.6 Å².